The summed E-state index contributed by atoms with van der Waals surface area (Å²) >= 11 is -2.03. The average Bonchev–Trinajstić information content (AvgIpc) is 3.37. The van der Waals surface area contributed by atoms with Gasteiger partial charge in [-0.3, -0.25) is 0 Å². The van der Waals surface area contributed by atoms with Crippen LogP contribution in [0, 0.1) is 0 Å². The van der Waals surface area contributed by atoms with Gasteiger partial charge in [-0.1, -0.05) is 0 Å². The fourth-order valence-electron chi connectivity index (χ4n) is 4.43. The van der Waals surface area contributed by atoms with Gasteiger partial charge in [-0.2, -0.15) is 0 Å². The summed E-state index contributed by atoms with van der Waals surface area (Å²) in [7, 11) is 0. The van der Waals surface area contributed by atoms with Crippen LogP contribution in [0.25, 0.3) is 11.1 Å². The quantitative estimate of drug-likeness (QED) is 0.487. The molecule has 0 amide bonds. The number of benzene rings is 3. The van der Waals surface area contributed by atoms with Gasteiger partial charge in [0.05, 0.1) is 0 Å². The van der Waals surface area contributed by atoms with Gasteiger partial charge in [0, 0.05) is 0 Å². The van der Waals surface area contributed by atoms with E-state index < -0.39 is 21.3 Å². The molecule has 2 aliphatic carbocycles. The summed E-state index contributed by atoms with van der Waals surface area (Å²) in [6.45, 7) is 0. The van der Waals surface area contributed by atoms with E-state index >= 15 is 0 Å². The van der Waals surface area contributed by atoms with Gasteiger partial charge in [0.1, 0.15) is 0 Å². The zero-order chi connectivity index (χ0) is 18.1. The Morgan fingerprint density at radius 3 is 1.93 bits per heavy atom. The van der Waals surface area contributed by atoms with Crippen LogP contribution < -0.4 is 24.8 Å². The Morgan fingerprint density at radius 2 is 1.34 bits per heavy atom. The van der Waals surface area contributed by atoms with E-state index in [4.69, 9.17) is 0 Å². The van der Waals surface area contributed by atoms with E-state index in [0.29, 0.717) is 3.63 Å². The van der Waals surface area contributed by atoms with Crippen molar-refractivity contribution in [3.05, 3.63) is 117 Å². The van der Waals surface area contributed by atoms with Crippen LogP contribution in [0.2, 0.25) is 0 Å². The second-order valence-corrected chi connectivity index (χ2v) is 13.5. The minimum absolute atomic E-state index is 0. The first kappa shape index (κ1) is 22.2. The average molecular weight is 497 g/mol. The monoisotopic (exact) mass is 494 g/mol. The Kier molecular flexibility index (Phi) is 7.63. The molecule has 0 saturated heterocycles. The molecule has 0 nitrogen and oxygen atoms in total. The van der Waals surface area contributed by atoms with Crippen molar-refractivity contribution in [1.29, 1.82) is 0 Å². The molecule has 0 atom stereocenters. The topological polar surface area (TPSA) is 0 Å². The van der Waals surface area contributed by atoms with Crippen molar-refractivity contribution < 1.29 is 46.1 Å². The fraction of sp³-hybridized carbons (Fsp3) is 0.115. The molecule has 3 aromatic carbocycles. The molecule has 0 spiro atoms. The molecule has 0 N–H and O–H groups in total. The molecule has 0 fully saturated rings. The molecule has 3 heteroatoms. The minimum Gasteiger partial charge on any atom is -1.00 e. The molecule has 5 rings (SSSR count). The first-order valence-corrected chi connectivity index (χ1v) is 13.8. The summed E-state index contributed by atoms with van der Waals surface area (Å²) in [6, 6.07) is 29.1. The van der Waals surface area contributed by atoms with E-state index in [2.05, 4.69) is 101 Å². The predicted octanol–water partition coefficient (Wildman–Crippen LogP) is 0.271. The van der Waals surface area contributed by atoms with Crippen LogP contribution in [0.15, 0.2) is 100 Å². The molecule has 0 saturated carbocycles. The third kappa shape index (κ3) is 4.34. The maximum atomic E-state index is 2.74. The fourth-order valence-corrected chi connectivity index (χ4v) is 12.1. The molecule has 0 bridgehead atoms. The molecule has 144 valence electrons. The molecule has 0 aliphatic heterocycles. The number of rotatable bonds is 4. The van der Waals surface area contributed by atoms with Crippen LogP contribution >= 0.6 is 0 Å². The van der Waals surface area contributed by atoms with E-state index in [0.717, 1.165) is 12.8 Å². The summed E-state index contributed by atoms with van der Waals surface area (Å²) < 4.78 is 5.07. The van der Waals surface area contributed by atoms with Gasteiger partial charge in [0.25, 0.3) is 0 Å². The van der Waals surface area contributed by atoms with Crippen LogP contribution in [-0.4, -0.2) is 3.71 Å². The zero-order valence-electron chi connectivity index (χ0n) is 16.1. The van der Waals surface area contributed by atoms with Crippen molar-refractivity contribution in [2.24, 2.45) is 0 Å². The van der Waals surface area contributed by atoms with Crippen LogP contribution in [0.3, 0.4) is 0 Å². The van der Waals surface area contributed by atoms with Crippen LogP contribution in [-0.2, 0) is 27.7 Å². The largest absolute Gasteiger partial charge is 1.00 e. The van der Waals surface area contributed by atoms with E-state index in [1.54, 1.807) is 14.4 Å². The second kappa shape index (κ2) is 9.99. The minimum atomic E-state index is -2.03. The Balaban J connectivity index is 0.00000120. The van der Waals surface area contributed by atoms with Gasteiger partial charge in [0.15, 0.2) is 0 Å². The SMILES string of the molecule is C1=CC[C](/[Zr+2](=[CH]\Cc2ccccc2)[CH]2c3ccccc3-c3ccccc32)=C1.[Cl-].[Cl-]. The van der Waals surface area contributed by atoms with Crippen LogP contribution in [0.1, 0.15) is 26.7 Å². The number of hydrogen-bond acceptors (Lipinski definition) is 0. The summed E-state index contributed by atoms with van der Waals surface area (Å²) in [5.41, 5.74) is 7.46. The zero-order valence-corrected chi connectivity index (χ0v) is 20.0. The van der Waals surface area contributed by atoms with E-state index in [-0.39, 0.29) is 24.8 Å². The molecule has 3 aromatic rings. The smallest absolute Gasteiger partial charge is 1.00 e. The first-order valence-electron chi connectivity index (χ1n) is 9.70. The summed E-state index contributed by atoms with van der Waals surface area (Å²) in [4.78, 5) is 0. The van der Waals surface area contributed by atoms with Gasteiger partial charge in [0.2, 0.25) is 0 Å². The van der Waals surface area contributed by atoms with E-state index in [9.17, 15) is 0 Å². The van der Waals surface area contributed by atoms with Crippen molar-refractivity contribution in [1.82, 2.24) is 0 Å². The van der Waals surface area contributed by atoms with Crippen molar-refractivity contribution in [2.45, 2.75) is 16.5 Å². The predicted molar refractivity (Wildman–Crippen MR) is 112 cm³/mol. The van der Waals surface area contributed by atoms with Gasteiger partial charge in [-0.25, -0.2) is 0 Å². The number of allylic oxidation sites excluding steroid dienone is 4. The van der Waals surface area contributed by atoms with Crippen LogP contribution in [0.5, 0.6) is 0 Å². The Bertz CT molecular complexity index is 1040. The van der Waals surface area contributed by atoms with Gasteiger partial charge in [-0.15, -0.1) is 0 Å². The van der Waals surface area contributed by atoms with Gasteiger partial charge in [-0.05, 0) is 0 Å². The van der Waals surface area contributed by atoms with E-state index in [1.807, 2.05) is 0 Å². The molecule has 0 aromatic heterocycles. The number of halogens is 2. The Morgan fingerprint density at radius 1 is 0.759 bits per heavy atom. The summed E-state index contributed by atoms with van der Waals surface area (Å²) in [6.07, 6.45) is 9.26. The summed E-state index contributed by atoms with van der Waals surface area (Å²) in [5.74, 6) is 0. The van der Waals surface area contributed by atoms with Crippen molar-refractivity contribution in [3.8, 4) is 11.1 Å². The van der Waals surface area contributed by atoms with Crippen molar-refractivity contribution >= 4 is 3.71 Å². The third-order valence-electron chi connectivity index (χ3n) is 5.69. The summed E-state index contributed by atoms with van der Waals surface area (Å²) in [5, 5.41) is 0. The maximum absolute atomic E-state index is 2.74. The Hall–Kier alpha value is -1.53. The van der Waals surface area contributed by atoms with Gasteiger partial charge < -0.3 is 24.8 Å². The molecule has 29 heavy (non-hydrogen) atoms. The Labute approximate surface area is 193 Å². The molecular formula is C26H22Cl2Zr. The molecular weight excluding hydrogens is 474 g/mol. The van der Waals surface area contributed by atoms with E-state index in [1.165, 1.54) is 16.7 Å². The van der Waals surface area contributed by atoms with Gasteiger partial charge >= 0.3 is 170 Å². The normalized spacial score (nSPS) is 13.9. The second-order valence-electron chi connectivity index (χ2n) is 7.28. The van der Waals surface area contributed by atoms with Crippen molar-refractivity contribution in [3.63, 3.8) is 0 Å². The maximum Gasteiger partial charge on any atom is -1.00 e. The van der Waals surface area contributed by atoms with Crippen LogP contribution in [0.4, 0.5) is 0 Å². The third-order valence-corrected chi connectivity index (χ3v) is 13.1. The first-order chi connectivity index (χ1) is 13.4. The molecule has 0 unspecified atom stereocenters. The van der Waals surface area contributed by atoms with Crippen molar-refractivity contribution in [2.75, 3.05) is 0 Å². The number of hydrogen-bond donors (Lipinski definition) is 0. The number of fused-ring (bicyclic) bond motifs is 3. The standard InChI is InChI=1S/C13H9.C8H8.C5H5.2ClH.Zr/c1-3-7-12-10(5-1)9-11-6-2-4-8-13(11)12;1-2-8-6-4-3-5-7-8;1-2-4-5-3-1;;;/h1-9H;1,3-7H,2H2;1-3H,4H2;2*1H;/q;;;;;+2/p-2. The molecule has 0 radical (unpaired) electrons. The molecule has 2 aliphatic rings. The molecule has 0 heterocycles.